The van der Waals surface area contributed by atoms with Gasteiger partial charge in [0, 0.05) is 13.0 Å². The van der Waals surface area contributed by atoms with E-state index in [1.165, 1.54) is 0 Å². The maximum Gasteiger partial charge on any atom is 0.220 e. The van der Waals surface area contributed by atoms with Crippen molar-refractivity contribution in [2.45, 2.75) is 58.0 Å². The second kappa shape index (κ2) is 8.53. The third-order valence-corrected chi connectivity index (χ3v) is 3.04. The highest BCUT2D eigenvalue weighted by molar-refractivity contribution is 5.75. The van der Waals surface area contributed by atoms with Crippen LogP contribution in [-0.4, -0.2) is 29.7 Å². The van der Waals surface area contributed by atoms with Crippen LogP contribution in [0.5, 0.6) is 0 Å². The van der Waals surface area contributed by atoms with Crippen LogP contribution >= 0.6 is 0 Å². The number of rotatable bonds is 9. The molecule has 0 rings (SSSR count). The molecule has 0 aromatic heterocycles. The van der Waals surface area contributed by atoms with Crippen LogP contribution < -0.4 is 11.1 Å². The highest BCUT2D eigenvalue weighted by atomic mass is 16.3. The molecule has 0 aromatic carbocycles. The molecule has 0 spiro atoms. The quantitative estimate of drug-likeness (QED) is 0.520. The molecule has 4 N–H and O–H groups in total. The third-order valence-electron chi connectivity index (χ3n) is 3.04. The van der Waals surface area contributed by atoms with Gasteiger partial charge >= 0.3 is 0 Å². The summed E-state index contributed by atoms with van der Waals surface area (Å²) in [6, 6.07) is 0. The van der Waals surface area contributed by atoms with Gasteiger partial charge in [-0.15, -0.1) is 0 Å². The van der Waals surface area contributed by atoms with Crippen molar-refractivity contribution < 1.29 is 9.90 Å². The summed E-state index contributed by atoms with van der Waals surface area (Å²) in [7, 11) is 0. The standard InChI is InChI=1S/C12H26N2O2/c1-3-12(16,4-2)10-14-11(15)8-6-5-7-9-13/h16H,3-10,13H2,1-2H3,(H,14,15). The fourth-order valence-electron chi connectivity index (χ4n) is 1.46. The second-order valence-corrected chi connectivity index (χ2v) is 4.31. The lowest BCUT2D eigenvalue weighted by atomic mass is 9.97. The SMILES string of the molecule is CCC(O)(CC)CNC(=O)CCCCCN. The molecule has 0 fully saturated rings. The Morgan fingerprint density at radius 3 is 2.38 bits per heavy atom. The Kier molecular flexibility index (Phi) is 8.21. The van der Waals surface area contributed by atoms with Crippen LogP contribution in [0.1, 0.15) is 52.4 Å². The van der Waals surface area contributed by atoms with Crippen molar-refractivity contribution >= 4 is 5.91 Å². The number of hydrogen-bond donors (Lipinski definition) is 3. The Balaban J connectivity index is 3.64. The summed E-state index contributed by atoms with van der Waals surface area (Å²) >= 11 is 0. The summed E-state index contributed by atoms with van der Waals surface area (Å²) in [6.45, 7) is 4.90. The van der Waals surface area contributed by atoms with Crippen molar-refractivity contribution in [2.24, 2.45) is 5.73 Å². The van der Waals surface area contributed by atoms with Gasteiger partial charge in [0.15, 0.2) is 0 Å². The molecule has 4 nitrogen and oxygen atoms in total. The molecule has 0 saturated carbocycles. The normalized spacial score (nSPS) is 11.5. The van der Waals surface area contributed by atoms with Gasteiger partial charge < -0.3 is 16.2 Å². The predicted octanol–water partition coefficient (Wildman–Crippen LogP) is 1.17. The minimum Gasteiger partial charge on any atom is -0.388 e. The van der Waals surface area contributed by atoms with Crippen molar-refractivity contribution in [1.82, 2.24) is 5.32 Å². The van der Waals surface area contributed by atoms with Gasteiger partial charge in [-0.05, 0) is 32.2 Å². The van der Waals surface area contributed by atoms with E-state index < -0.39 is 5.60 Å². The van der Waals surface area contributed by atoms with Gasteiger partial charge in [-0.1, -0.05) is 20.3 Å². The summed E-state index contributed by atoms with van der Waals surface area (Å²) in [5.74, 6) is 0.0253. The molecule has 1 amide bonds. The zero-order valence-electron chi connectivity index (χ0n) is 10.6. The van der Waals surface area contributed by atoms with E-state index in [9.17, 15) is 9.90 Å². The molecule has 96 valence electrons. The van der Waals surface area contributed by atoms with Gasteiger partial charge in [-0.3, -0.25) is 4.79 Å². The number of hydrogen-bond acceptors (Lipinski definition) is 3. The fraction of sp³-hybridized carbons (Fsp3) is 0.917. The Hall–Kier alpha value is -0.610. The Labute approximate surface area is 98.6 Å². The Bertz CT molecular complexity index is 191. The summed E-state index contributed by atoms with van der Waals surface area (Å²) in [5.41, 5.74) is 4.62. The summed E-state index contributed by atoms with van der Waals surface area (Å²) in [5, 5.41) is 12.7. The number of aliphatic hydroxyl groups is 1. The van der Waals surface area contributed by atoms with Crippen molar-refractivity contribution in [2.75, 3.05) is 13.1 Å². The average molecular weight is 230 g/mol. The first-order valence-electron chi connectivity index (χ1n) is 6.27. The average Bonchev–Trinajstić information content (AvgIpc) is 2.31. The van der Waals surface area contributed by atoms with Crippen molar-refractivity contribution in [1.29, 1.82) is 0 Å². The van der Waals surface area contributed by atoms with E-state index in [-0.39, 0.29) is 5.91 Å². The number of amides is 1. The van der Waals surface area contributed by atoms with Gasteiger partial charge in [-0.2, -0.15) is 0 Å². The van der Waals surface area contributed by atoms with E-state index in [2.05, 4.69) is 5.32 Å². The van der Waals surface area contributed by atoms with E-state index in [4.69, 9.17) is 5.73 Å². The van der Waals surface area contributed by atoms with Gasteiger partial charge in [-0.25, -0.2) is 0 Å². The first-order chi connectivity index (χ1) is 7.58. The topological polar surface area (TPSA) is 75.3 Å². The zero-order valence-corrected chi connectivity index (χ0v) is 10.6. The molecule has 0 aliphatic heterocycles. The monoisotopic (exact) mass is 230 g/mol. The maximum atomic E-state index is 11.4. The number of carbonyl (C=O) groups is 1. The van der Waals surface area contributed by atoms with Crippen LogP contribution in [0.2, 0.25) is 0 Å². The highest BCUT2D eigenvalue weighted by Gasteiger charge is 2.22. The van der Waals surface area contributed by atoms with E-state index in [1.807, 2.05) is 13.8 Å². The molecule has 0 aliphatic rings. The van der Waals surface area contributed by atoms with E-state index in [0.717, 1.165) is 19.3 Å². The number of unbranched alkanes of at least 4 members (excludes halogenated alkanes) is 2. The molecule has 0 unspecified atom stereocenters. The van der Waals surface area contributed by atoms with Crippen LogP contribution in [0.25, 0.3) is 0 Å². The minimum absolute atomic E-state index is 0.0253. The molecule has 4 heteroatoms. The molecular weight excluding hydrogens is 204 g/mol. The molecule has 0 aliphatic carbocycles. The predicted molar refractivity (Wildman–Crippen MR) is 66.1 cm³/mol. The van der Waals surface area contributed by atoms with Crippen LogP contribution in [-0.2, 0) is 4.79 Å². The van der Waals surface area contributed by atoms with Gasteiger partial charge in [0.25, 0.3) is 0 Å². The number of nitrogens with two attached hydrogens (primary N) is 1. The number of carbonyl (C=O) groups excluding carboxylic acids is 1. The van der Waals surface area contributed by atoms with Crippen LogP contribution in [0, 0.1) is 0 Å². The smallest absolute Gasteiger partial charge is 0.220 e. The molecule has 16 heavy (non-hydrogen) atoms. The molecule has 0 heterocycles. The summed E-state index contributed by atoms with van der Waals surface area (Å²) < 4.78 is 0. The Morgan fingerprint density at radius 1 is 1.25 bits per heavy atom. The van der Waals surface area contributed by atoms with Crippen molar-refractivity contribution in [3.63, 3.8) is 0 Å². The molecule has 0 atom stereocenters. The molecule has 0 bridgehead atoms. The first kappa shape index (κ1) is 15.4. The molecule has 0 aromatic rings. The van der Waals surface area contributed by atoms with Gasteiger partial charge in [0.05, 0.1) is 5.60 Å². The third kappa shape index (κ3) is 6.80. The maximum absolute atomic E-state index is 11.4. The molecular formula is C12H26N2O2. The zero-order chi connectivity index (χ0) is 12.4. The van der Waals surface area contributed by atoms with Crippen LogP contribution in [0.15, 0.2) is 0 Å². The minimum atomic E-state index is -0.743. The summed E-state index contributed by atoms with van der Waals surface area (Å²) in [4.78, 5) is 11.4. The Morgan fingerprint density at radius 2 is 1.88 bits per heavy atom. The van der Waals surface area contributed by atoms with E-state index in [0.29, 0.717) is 32.4 Å². The first-order valence-corrected chi connectivity index (χ1v) is 6.27. The fourth-order valence-corrected chi connectivity index (χ4v) is 1.46. The molecule has 0 radical (unpaired) electrons. The molecule has 0 saturated heterocycles. The van der Waals surface area contributed by atoms with E-state index >= 15 is 0 Å². The lowest BCUT2D eigenvalue weighted by Gasteiger charge is -2.25. The second-order valence-electron chi connectivity index (χ2n) is 4.31. The van der Waals surface area contributed by atoms with Crippen LogP contribution in [0.3, 0.4) is 0 Å². The van der Waals surface area contributed by atoms with Gasteiger partial charge in [0.1, 0.15) is 0 Å². The van der Waals surface area contributed by atoms with Gasteiger partial charge in [0.2, 0.25) is 5.91 Å². The lowest BCUT2D eigenvalue weighted by molar-refractivity contribution is -0.122. The highest BCUT2D eigenvalue weighted by Crippen LogP contribution is 2.12. The summed E-state index contributed by atoms with van der Waals surface area (Å²) in [6.07, 6.45) is 4.70. The van der Waals surface area contributed by atoms with E-state index in [1.54, 1.807) is 0 Å². The van der Waals surface area contributed by atoms with Crippen molar-refractivity contribution in [3.05, 3.63) is 0 Å². The van der Waals surface area contributed by atoms with Crippen LogP contribution in [0.4, 0.5) is 0 Å². The number of nitrogens with one attached hydrogen (secondary N) is 1. The van der Waals surface area contributed by atoms with Crippen molar-refractivity contribution in [3.8, 4) is 0 Å². The lowest BCUT2D eigenvalue weighted by Crippen LogP contribution is -2.41. The largest absolute Gasteiger partial charge is 0.388 e.